The van der Waals surface area contributed by atoms with Crippen LogP contribution in [-0.4, -0.2) is 11.1 Å². The quantitative estimate of drug-likeness (QED) is 0.577. The summed E-state index contributed by atoms with van der Waals surface area (Å²) < 4.78 is 5.24. The van der Waals surface area contributed by atoms with Crippen molar-refractivity contribution in [2.45, 2.75) is 0 Å². The van der Waals surface area contributed by atoms with Crippen LogP contribution in [0.1, 0.15) is 9.67 Å². The molecule has 4 heteroatoms. The summed E-state index contributed by atoms with van der Waals surface area (Å²) in [6.07, 6.45) is 0. The topological polar surface area (TPSA) is 46.5 Å². The average Bonchev–Trinajstić information content (AvgIpc) is 2.91. The molecule has 0 atom stereocenters. The number of carbonyl (C=O) groups is 1. The van der Waals surface area contributed by atoms with Crippen LogP contribution in [0.4, 0.5) is 0 Å². The number of para-hydroxylation sites is 1. The molecule has 3 aromatic rings. The molecule has 0 saturated carbocycles. The maximum Gasteiger partial charge on any atom is 0.357 e. The summed E-state index contributed by atoms with van der Waals surface area (Å²) in [5, 5.41) is 9.95. The number of rotatable bonds is 3. The monoisotopic (exact) mass is 296 g/mol. The van der Waals surface area contributed by atoms with E-state index < -0.39 is 5.97 Å². The largest absolute Gasteiger partial charge is 0.506 e. The van der Waals surface area contributed by atoms with Crippen LogP contribution in [0.15, 0.2) is 66.7 Å². The lowest BCUT2D eigenvalue weighted by Gasteiger charge is -2.02. The highest BCUT2D eigenvalue weighted by molar-refractivity contribution is 7.17. The molecular weight excluding hydrogens is 284 g/mol. The van der Waals surface area contributed by atoms with Gasteiger partial charge in [-0.15, -0.1) is 11.3 Å². The Hall–Kier alpha value is -2.59. The van der Waals surface area contributed by atoms with Crippen LogP contribution in [-0.2, 0) is 0 Å². The molecule has 0 saturated heterocycles. The van der Waals surface area contributed by atoms with E-state index in [-0.39, 0.29) is 10.6 Å². The van der Waals surface area contributed by atoms with Gasteiger partial charge in [-0.25, -0.2) is 4.79 Å². The molecule has 3 nitrogen and oxygen atoms in total. The average molecular weight is 296 g/mol. The number of hydrogen-bond donors (Lipinski definition) is 1. The SMILES string of the molecule is O=C(Oc1ccccc1)c1sc(-c2ccccc2)cc1O. The van der Waals surface area contributed by atoms with Crippen molar-refractivity contribution in [2.24, 2.45) is 0 Å². The first-order valence-electron chi connectivity index (χ1n) is 6.39. The van der Waals surface area contributed by atoms with Gasteiger partial charge in [-0.05, 0) is 23.8 Å². The summed E-state index contributed by atoms with van der Waals surface area (Å²) in [5.41, 5.74) is 0.955. The second kappa shape index (κ2) is 5.81. The molecule has 21 heavy (non-hydrogen) atoms. The first-order valence-corrected chi connectivity index (χ1v) is 7.21. The van der Waals surface area contributed by atoms with Gasteiger partial charge in [0, 0.05) is 4.88 Å². The van der Waals surface area contributed by atoms with E-state index in [1.54, 1.807) is 30.3 Å². The zero-order chi connectivity index (χ0) is 14.7. The van der Waals surface area contributed by atoms with Crippen LogP contribution in [0, 0.1) is 0 Å². The summed E-state index contributed by atoms with van der Waals surface area (Å²) in [6.45, 7) is 0. The number of ether oxygens (including phenoxy) is 1. The molecule has 0 fully saturated rings. The molecule has 0 spiro atoms. The first-order chi connectivity index (χ1) is 10.2. The van der Waals surface area contributed by atoms with Gasteiger partial charge < -0.3 is 9.84 Å². The van der Waals surface area contributed by atoms with E-state index in [1.165, 1.54) is 11.3 Å². The van der Waals surface area contributed by atoms with E-state index in [1.807, 2.05) is 36.4 Å². The molecule has 0 aliphatic heterocycles. The molecule has 3 rings (SSSR count). The lowest BCUT2D eigenvalue weighted by Crippen LogP contribution is -2.06. The molecule has 1 heterocycles. The Morgan fingerprint density at radius 1 is 0.952 bits per heavy atom. The molecule has 104 valence electrons. The number of hydrogen-bond acceptors (Lipinski definition) is 4. The van der Waals surface area contributed by atoms with Gasteiger partial charge in [-0.3, -0.25) is 0 Å². The molecule has 0 aliphatic carbocycles. The van der Waals surface area contributed by atoms with Crippen molar-refractivity contribution in [1.29, 1.82) is 0 Å². The lowest BCUT2D eigenvalue weighted by molar-refractivity contribution is 0.0737. The van der Waals surface area contributed by atoms with Crippen molar-refractivity contribution < 1.29 is 14.6 Å². The van der Waals surface area contributed by atoms with Crippen molar-refractivity contribution in [1.82, 2.24) is 0 Å². The van der Waals surface area contributed by atoms with Gasteiger partial charge in [-0.1, -0.05) is 48.5 Å². The van der Waals surface area contributed by atoms with E-state index >= 15 is 0 Å². The third-order valence-corrected chi connectivity index (χ3v) is 4.06. The molecule has 1 N–H and O–H groups in total. The predicted molar refractivity (Wildman–Crippen MR) is 82.8 cm³/mol. The highest BCUT2D eigenvalue weighted by atomic mass is 32.1. The highest BCUT2D eigenvalue weighted by Crippen LogP contribution is 2.36. The molecule has 0 amide bonds. The minimum Gasteiger partial charge on any atom is -0.506 e. The third-order valence-electron chi connectivity index (χ3n) is 2.91. The van der Waals surface area contributed by atoms with Crippen LogP contribution < -0.4 is 4.74 Å². The van der Waals surface area contributed by atoms with Crippen LogP contribution in [0.3, 0.4) is 0 Å². The number of benzene rings is 2. The summed E-state index contributed by atoms with van der Waals surface area (Å²) in [4.78, 5) is 13.1. The Kier molecular flexibility index (Phi) is 3.71. The second-order valence-electron chi connectivity index (χ2n) is 4.39. The van der Waals surface area contributed by atoms with Gasteiger partial charge in [0.2, 0.25) is 0 Å². The third kappa shape index (κ3) is 2.95. The number of aromatic hydroxyl groups is 1. The maximum atomic E-state index is 12.1. The highest BCUT2D eigenvalue weighted by Gasteiger charge is 2.18. The number of carbonyl (C=O) groups excluding carboxylic acids is 1. The molecular formula is C17H12O3S. The maximum absolute atomic E-state index is 12.1. The van der Waals surface area contributed by atoms with E-state index in [0.717, 1.165) is 10.4 Å². The van der Waals surface area contributed by atoms with Crippen molar-refractivity contribution in [3.8, 4) is 21.9 Å². The Morgan fingerprint density at radius 2 is 1.57 bits per heavy atom. The molecule has 0 bridgehead atoms. The van der Waals surface area contributed by atoms with Gasteiger partial charge >= 0.3 is 5.97 Å². The van der Waals surface area contributed by atoms with E-state index in [9.17, 15) is 9.90 Å². The van der Waals surface area contributed by atoms with Gasteiger partial charge in [0.15, 0.2) is 4.88 Å². The van der Waals surface area contributed by atoms with E-state index in [2.05, 4.69) is 0 Å². The Bertz CT molecular complexity index is 748. The van der Waals surface area contributed by atoms with Gasteiger partial charge in [0.1, 0.15) is 11.5 Å². The molecule has 0 aliphatic rings. The summed E-state index contributed by atoms with van der Waals surface area (Å²) in [6, 6.07) is 20.0. The van der Waals surface area contributed by atoms with E-state index in [0.29, 0.717) is 5.75 Å². The minimum absolute atomic E-state index is 0.0558. The van der Waals surface area contributed by atoms with Crippen molar-refractivity contribution in [3.63, 3.8) is 0 Å². The fraction of sp³-hybridized carbons (Fsp3) is 0. The van der Waals surface area contributed by atoms with Gasteiger partial charge in [0.25, 0.3) is 0 Å². The Balaban J connectivity index is 1.86. The van der Waals surface area contributed by atoms with Crippen molar-refractivity contribution in [2.75, 3.05) is 0 Å². The zero-order valence-electron chi connectivity index (χ0n) is 11.0. The number of thiophene rings is 1. The lowest BCUT2D eigenvalue weighted by atomic mass is 10.2. The molecule has 2 aromatic carbocycles. The zero-order valence-corrected chi connectivity index (χ0v) is 11.8. The predicted octanol–water partition coefficient (Wildman–Crippen LogP) is 4.34. The van der Waals surface area contributed by atoms with Crippen LogP contribution >= 0.6 is 11.3 Å². The Morgan fingerprint density at radius 3 is 2.24 bits per heavy atom. The fourth-order valence-corrected chi connectivity index (χ4v) is 2.85. The standard InChI is InChI=1S/C17H12O3S/c18-14-11-15(12-7-3-1-4-8-12)21-16(14)17(19)20-13-9-5-2-6-10-13/h1-11,18H. The van der Waals surface area contributed by atoms with Crippen LogP contribution in [0.2, 0.25) is 0 Å². The van der Waals surface area contributed by atoms with Crippen LogP contribution in [0.25, 0.3) is 10.4 Å². The summed E-state index contributed by atoms with van der Waals surface area (Å²) in [7, 11) is 0. The summed E-state index contributed by atoms with van der Waals surface area (Å²) in [5.74, 6) is -0.151. The molecule has 0 unspecified atom stereocenters. The fourth-order valence-electron chi connectivity index (χ4n) is 1.91. The van der Waals surface area contributed by atoms with Gasteiger partial charge in [0.05, 0.1) is 0 Å². The second-order valence-corrected chi connectivity index (χ2v) is 5.45. The normalized spacial score (nSPS) is 10.3. The van der Waals surface area contributed by atoms with E-state index in [4.69, 9.17) is 4.74 Å². The smallest absolute Gasteiger partial charge is 0.357 e. The summed E-state index contributed by atoms with van der Waals surface area (Å²) >= 11 is 1.22. The van der Waals surface area contributed by atoms with Crippen LogP contribution in [0.5, 0.6) is 11.5 Å². The molecule has 1 aromatic heterocycles. The Labute approximate surface area is 126 Å². The first kappa shape index (κ1) is 13.4. The minimum atomic E-state index is -0.550. The van der Waals surface area contributed by atoms with Crippen molar-refractivity contribution in [3.05, 3.63) is 71.6 Å². The molecule has 0 radical (unpaired) electrons. The van der Waals surface area contributed by atoms with Crippen molar-refractivity contribution >= 4 is 17.3 Å². The van der Waals surface area contributed by atoms with Gasteiger partial charge in [-0.2, -0.15) is 0 Å². The number of esters is 1.